The van der Waals surface area contributed by atoms with Gasteiger partial charge in [0, 0.05) is 23.6 Å². The molecule has 2 fully saturated rings. The van der Waals surface area contributed by atoms with Crippen LogP contribution in [0, 0.1) is 5.82 Å². The van der Waals surface area contributed by atoms with Crippen LogP contribution in [0.1, 0.15) is 88.1 Å². The molecule has 2 aliphatic rings. The number of aryl methyl sites for hydroxylation is 1. The molecule has 7 rings (SSSR count). The first-order chi connectivity index (χ1) is 22.8. The molecule has 12 heteroatoms. The maximum absolute atomic E-state index is 15.9. The number of H-pyrrole nitrogens is 1. The van der Waals surface area contributed by atoms with Crippen LogP contribution >= 0.6 is 0 Å². The maximum atomic E-state index is 15.9. The number of halogens is 1. The average Bonchev–Trinajstić information content (AvgIpc) is 3.72. The van der Waals surface area contributed by atoms with Crippen molar-refractivity contribution in [3.05, 3.63) is 92.3 Å². The highest BCUT2D eigenvalue weighted by Gasteiger charge is 2.42. The Balaban J connectivity index is 1.19. The highest BCUT2D eigenvalue weighted by atomic mass is 19.1. The lowest BCUT2D eigenvalue weighted by Gasteiger charge is -2.43. The van der Waals surface area contributed by atoms with Crippen molar-refractivity contribution in [1.29, 1.82) is 0 Å². The molecule has 0 aliphatic heterocycles. The Bertz CT molecular complexity index is 2020. The maximum Gasteiger partial charge on any atom is 0.439 e. The fraction of sp³-hybridized carbons (Fsp3) is 0.457. The second kappa shape index (κ2) is 12.6. The lowest BCUT2D eigenvalue weighted by Crippen LogP contribution is -2.49. The molecule has 2 N–H and O–H groups in total. The van der Waals surface area contributed by atoms with Gasteiger partial charge in [-0.2, -0.15) is 10.1 Å². The van der Waals surface area contributed by atoms with E-state index in [-0.39, 0.29) is 36.1 Å². The summed E-state index contributed by atoms with van der Waals surface area (Å²) in [6.07, 6.45) is 8.32. The van der Waals surface area contributed by atoms with Crippen molar-refractivity contribution in [2.45, 2.75) is 102 Å². The molecule has 3 aromatic heterocycles. The zero-order valence-corrected chi connectivity index (χ0v) is 26.6. The van der Waals surface area contributed by atoms with Gasteiger partial charge in [0.05, 0.1) is 23.5 Å². The summed E-state index contributed by atoms with van der Waals surface area (Å²) in [5, 5.41) is 19.0. The molecule has 2 saturated carbocycles. The van der Waals surface area contributed by atoms with Crippen molar-refractivity contribution in [3.63, 3.8) is 0 Å². The lowest BCUT2D eigenvalue weighted by molar-refractivity contribution is -0.167. The highest BCUT2D eigenvalue weighted by Crippen LogP contribution is 2.39. The monoisotopic (exact) mass is 642 g/mol. The molecule has 0 saturated heterocycles. The minimum Gasteiger partial charge on any atom is -0.387 e. The quantitative estimate of drug-likeness (QED) is 0.207. The van der Waals surface area contributed by atoms with Gasteiger partial charge in [-0.25, -0.2) is 13.7 Å². The topological polar surface area (TPSA) is 141 Å². The Labute approximate surface area is 270 Å². The first-order valence-corrected chi connectivity index (χ1v) is 16.5. The molecule has 11 nitrogen and oxygen atoms in total. The summed E-state index contributed by atoms with van der Waals surface area (Å²) < 4.78 is 30.4. The molecule has 1 atom stereocenters. The van der Waals surface area contributed by atoms with Gasteiger partial charge in [0.25, 0.3) is 5.56 Å². The van der Waals surface area contributed by atoms with Gasteiger partial charge >= 0.3 is 5.76 Å². The molecular formula is C35H39FN6O5. The van der Waals surface area contributed by atoms with Gasteiger partial charge in [-0.3, -0.25) is 18.9 Å². The fourth-order valence-corrected chi connectivity index (χ4v) is 7.21. The van der Waals surface area contributed by atoms with Crippen LogP contribution in [0.5, 0.6) is 0 Å². The van der Waals surface area contributed by atoms with E-state index in [1.807, 2.05) is 32.0 Å². The fourth-order valence-electron chi connectivity index (χ4n) is 7.21. The van der Waals surface area contributed by atoms with Gasteiger partial charge in [0.1, 0.15) is 12.1 Å². The molecule has 246 valence electrons. The largest absolute Gasteiger partial charge is 0.439 e. The Morgan fingerprint density at radius 3 is 2.55 bits per heavy atom. The highest BCUT2D eigenvalue weighted by molar-refractivity contribution is 5.80. The van der Waals surface area contributed by atoms with E-state index in [9.17, 15) is 14.7 Å². The third kappa shape index (κ3) is 5.84. The van der Waals surface area contributed by atoms with E-state index in [1.54, 1.807) is 27.3 Å². The number of hydrogen-bond acceptors (Lipinski definition) is 8. The molecular weight excluding hydrogens is 603 g/mol. The minimum absolute atomic E-state index is 0.0246. The summed E-state index contributed by atoms with van der Waals surface area (Å²) in [7, 11) is 0. The molecule has 1 unspecified atom stereocenters. The predicted octanol–water partition coefficient (Wildman–Crippen LogP) is 5.39. The average molecular weight is 643 g/mol. The van der Waals surface area contributed by atoms with Crippen LogP contribution in [-0.2, 0) is 17.6 Å². The van der Waals surface area contributed by atoms with Crippen LogP contribution in [0.3, 0.4) is 0 Å². The van der Waals surface area contributed by atoms with Crippen LogP contribution in [0.15, 0.2) is 62.9 Å². The van der Waals surface area contributed by atoms with Crippen molar-refractivity contribution < 1.29 is 18.8 Å². The van der Waals surface area contributed by atoms with E-state index < -0.39 is 17.2 Å². The molecule has 0 bridgehead atoms. The van der Waals surface area contributed by atoms with E-state index in [1.165, 1.54) is 12.4 Å². The Hall–Kier alpha value is -4.42. The number of ether oxygens (including phenoxy) is 1. The molecule has 0 radical (unpaired) electrons. The van der Waals surface area contributed by atoms with Crippen molar-refractivity contribution in [2.75, 3.05) is 0 Å². The van der Waals surface area contributed by atoms with Crippen molar-refractivity contribution >= 4 is 5.78 Å². The zero-order valence-electron chi connectivity index (χ0n) is 26.6. The van der Waals surface area contributed by atoms with Crippen LogP contribution < -0.4 is 11.3 Å². The van der Waals surface area contributed by atoms with E-state index in [0.717, 1.165) is 57.1 Å². The van der Waals surface area contributed by atoms with E-state index in [4.69, 9.17) is 4.74 Å². The Kier molecular flexibility index (Phi) is 8.39. The smallest absolute Gasteiger partial charge is 0.387 e. The number of aromatic nitrogens is 6. The third-order valence-electron chi connectivity index (χ3n) is 10.0. The summed E-state index contributed by atoms with van der Waals surface area (Å²) in [6.45, 7) is 3.99. The van der Waals surface area contributed by atoms with Gasteiger partial charge in [-0.05, 0) is 81.0 Å². The summed E-state index contributed by atoms with van der Waals surface area (Å²) in [5.74, 6) is -0.361. The van der Waals surface area contributed by atoms with Crippen LogP contribution in [0.25, 0.3) is 28.3 Å². The third-order valence-corrected chi connectivity index (χ3v) is 10.0. The normalized spacial score (nSPS) is 19.9. The van der Waals surface area contributed by atoms with Crippen molar-refractivity contribution in [1.82, 2.24) is 29.3 Å². The van der Waals surface area contributed by atoms with Gasteiger partial charge < -0.3 is 9.84 Å². The van der Waals surface area contributed by atoms with Crippen LogP contribution in [0.4, 0.5) is 4.39 Å². The first kappa shape index (κ1) is 31.2. The molecule has 2 aromatic carbocycles. The minimum atomic E-state index is -0.723. The second-order valence-electron chi connectivity index (χ2n) is 13.0. The number of nitrogens with zero attached hydrogens (tertiary/aromatic N) is 5. The standard InChI is InChI=1S/C35H39FN6O5/c1-3-7-30-28(18-23-11-10-22(19-29(23)36)26-8-4-5-9-27(26)31-39-34(44)47-40-31)32(43)41(33-37-20-38-42(30)33)24-12-14-25(15-13-24)46-21(2)35(45)16-6-17-35/h4-5,8-11,19-21,24-25,45H,3,6-7,12-18H2,1-2H3,(H,39,40,44)/t21?,24-,25-. The second-order valence-corrected chi connectivity index (χ2v) is 13.0. The summed E-state index contributed by atoms with van der Waals surface area (Å²) in [6, 6.07) is 12.1. The number of rotatable bonds is 10. The number of fused-ring (bicyclic) bond motifs is 1. The van der Waals surface area contributed by atoms with Gasteiger partial charge in [0.2, 0.25) is 5.78 Å². The Morgan fingerprint density at radius 1 is 1.13 bits per heavy atom. The predicted molar refractivity (Wildman–Crippen MR) is 173 cm³/mol. The molecule has 2 aliphatic carbocycles. The number of hydrogen-bond donors (Lipinski definition) is 2. The van der Waals surface area contributed by atoms with E-state index in [2.05, 4.69) is 24.7 Å². The molecule has 0 spiro atoms. The van der Waals surface area contributed by atoms with Crippen LogP contribution in [0.2, 0.25) is 0 Å². The molecule has 3 heterocycles. The molecule has 5 aromatic rings. The number of benzene rings is 2. The summed E-state index contributed by atoms with van der Waals surface area (Å²) in [4.78, 5) is 33.0. The lowest BCUT2D eigenvalue weighted by atomic mass is 9.76. The first-order valence-electron chi connectivity index (χ1n) is 16.5. The van der Waals surface area contributed by atoms with E-state index >= 15 is 4.39 Å². The molecule has 0 amide bonds. The van der Waals surface area contributed by atoms with Gasteiger partial charge in [-0.1, -0.05) is 54.9 Å². The number of aromatic amines is 1. The van der Waals surface area contributed by atoms with E-state index in [0.29, 0.717) is 40.0 Å². The number of nitrogens with one attached hydrogen (secondary N) is 1. The molecule has 47 heavy (non-hydrogen) atoms. The van der Waals surface area contributed by atoms with Crippen LogP contribution in [-0.4, -0.2) is 52.2 Å². The van der Waals surface area contributed by atoms with Gasteiger partial charge in [0.15, 0.2) is 5.82 Å². The van der Waals surface area contributed by atoms with Crippen molar-refractivity contribution in [3.8, 4) is 22.5 Å². The van der Waals surface area contributed by atoms with Gasteiger partial charge in [-0.15, -0.1) is 0 Å². The SMILES string of the molecule is CCCc1c(Cc2ccc(-c3ccccc3-c3noc(=O)[nH]3)cc2F)c(=O)n([C@H]2CC[C@H](OC(C)C3(O)CCC3)CC2)c2ncnn12. The summed E-state index contributed by atoms with van der Waals surface area (Å²) >= 11 is 0. The number of aliphatic hydroxyl groups is 1. The van der Waals surface area contributed by atoms with Crippen molar-refractivity contribution in [2.24, 2.45) is 0 Å². The Morgan fingerprint density at radius 2 is 1.89 bits per heavy atom. The zero-order chi connectivity index (χ0) is 32.7. The summed E-state index contributed by atoms with van der Waals surface area (Å²) in [5.41, 5.74) is 2.63.